The second-order valence-corrected chi connectivity index (χ2v) is 6.45. The number of halogens is 1. The molecule has 1 saturated carbocycles. The van der Waals surface area contributed by atoms with E-state index in [2.05, 4.69) is 0 Å². The van der Waals surface area contributed by atoms with Crippen molar-refractivity contribution in [1.82, 2.24) is 4.90 Å². The van der Waals surface area contributed by atoms with Crippen molar-refractivity contribution in [2.75, 3.05) is 6.54 Å². The molecule has 4 heteroatoms. The Hall–Kier alpha value is -1.42. The maximum atomic E-state index is 13.0. The molecule has 0 spiro atoms. The van der Waals surface area contributed by atoms with Gasteiger partial charge in [-0.25, -0.2) is 4.39 Å². The second kappa shape index (κ2) is 5.76. The molecule has 1 heterocycles. The zero-order valence-corrected chi connectivity index (χ0v) is 12.5. The van der Waals surface area contributed by atoms with Gasteiger partial charge in [0.2, 0.25) is 5.91 Å². The first kappa shape index (κ1) is 14.5. The molecule has 21 heavy (non-hydrogen) atoms. The number of hydrogen-bond acceptors (Lipinski definition) is 2. The van der Waals surface area contributed by atoms with Crippen LogP contribution in [0, 0.1) is 11.7 Å². The quantitative estimate of drug-likeness (QED) is 0.930. The Labute approximate surface area is 125 Å². The van der Waals surface area contributed by atoms with Gasteiger partial charge in [0, 0.05) is 24.5 Å². The summed E-state index contributed by atoms with van der Waals surface area (Å²) in [6, 6.07) is 6.75. The topological polar surface area (TPSA) is 46.3 Å². The van der Waals surface area contributed by atoms with E-state index < -0.39 is 0 Å². The predicted molar refractivity (Wildman–Crippen MR) is 80.2 cm³/mol. The fourth-order valence-electron chi connectivity index (χ4n) is 3.54. The van der Waals surface area contributed by atoms with Gasteiger partial charge in [-0.3, -0.25) is 4.79 Å². The molecule has 114 valence electrons. The second-order valence-electron chi connectivity index (χ2n) is 6.45. The number of carbonyl (C=O) groups excluding carboxylic acids is 1. The Morgan fingerprint density at radius 2 is 2.05 bits per heavy atom. The fraction of sp³-hybridized carbons (Fsp3) is 0.588. The highest BCUT2D eigenvalue weighted by atomic mass is 19.1. The maximum Gasteiger partial charge on any atom is 0.226 e. The first-order valence-corrected chi connectivity index (χ1v) is 7.89. The third kappa shape index (κ3) is 2.95. The highest BCUT2D eigenvalue weighted by molar-refractivity contribution is 5.83. The van der Waals surface area contributed by atoms with Gasteiger partial charge in [-0.2, -0.15) is 0 Å². The SMILES string of the molecule is CC(N)C1CCCCN1C(=O)C1CC1c1ccc(F)cc1. The lowest BCUT2D eigenvalue weighted by Gasteiger charge is -2.38. The Bertz CT molecular complexity index is 514. The smallest absolute Gasteiger partial charge is 0.226 e. The lowest BCUT2D eigenvalue weighted by Crippen LogP contribution is -2.52. The number of benzene rings is 1. The average Bonchev–Trinajstić information content (AvgIpc) is 3.27. The summed E-state index contributed by atoms with van der Waals surface area (Å²) < 4.78 is 13.0. The van der Waals surface area contributed by atoms with Gasteiger partial charge in [0.05, 0.1) is 0 Å². The number of nitrogens with zero attached hydrogens (tertiary/aromatic N) is 1. The summed E-state index contributed by atoms with van der Waals surface area (Å²) in [5, 5.41) is 0. The third-order valence-corrected chi connectivity index (χ3v) is 4.85. The Morgan fingerprint density at radius 1 is 1.33 bits per heavy atom. The highest BCUT2D eigenvalue weighted by Gasteiger charge is 2.47. The van der Waals surface area contributed by atoms with Crippen molar-refractivity contribution in [1.29, 1.82) is 0 Å². The highest BCUT2D eigenvalue weighted by Crippen LogP contribution is 2.49. The van der Waals surface area contributed by atoms with Crippen LogP contribution in [-0.4, -0.2) is 29.4 Å². The molecule has 2 N–H and O–H groups in total. The normalized spacial score (nSPS) is 30.0. The van der Waals surface area contributed by atoms with Crippen LogP contribution in [-0.2, 0) is 4.79 Å². The van der Waals surface area contributed by atoms with Gasteiger partial charge in [0.25, 0.3) is 0 Å². The lowest BCUT2D eigenvalue weighted by atomic mass is 9.96. The number of rotatable bonds is 3. The van der Waals surface area contributed by atoms with Crippen molar-refractivity contribution in [3.63, 3.8) is 0 Å². The largest absolute Gasteiger partial charge is 0.338 e. The van der Waals surface area contributed by atoms with E-state index in [-0.39, 0.29) is 35.6 Å². The Morgan fingerprint density at radius 3 is 2.71 bits per heavy atom. The van der Waals surface area contributed by atoms with Crippen LogP contribution >= 0.6 is 0 Å². The lowest BCUT2D eigenvalue weighted by molar-refractivity contribution is -0.136. The number of hydrogen-bond donors (Lipinski definition) is 1. The van der Waals surface area contributed by atoms with Crippen LogP contribution in [0.4, 0.5) is 4.39 Å². The van der Waals surface area contributed by atoms with E-state index >= 15 is 0 Å². The molecule has 0 aromatic heterocycles. The Balaban J connectivity index is 1.67. The zero-order chi connectivity index (χ0) is 15.0. The van der Waals surface area contributed by atoms with Crippen molar-refractivity contribution in [3.05, 3.63) is 35.6 Å². The molecule has 1 aromatic carbocycles. The maximum absolute atomic E-state index is 13.0. The molecule has 1 aliphatic carbocycles. The first-order valence-electron chi connectivity index (χ1n) is 7.89. The minimum atomic E-state index is -0.227. The molecule has 2 fully saturated rings. The summed E-state index contributed by atoms with van der Waals surface area (Å²) >= 11 is 0. The van der Waals surface area contributed by atoms with Crippen LogP contribution in [0.1, 0.15) is 44.1 Å². The van der Waals surface area contributed by atoms with E-state index in [1.54, 1.807) is 12.1 Å². The molecule has 1 aliphatic heterocycles. The molecule has 2 aliphatic rings. The molecule has 3 nitrogen and oxygen atoms in total. The number of carbonyl (C=O) groups is 1. The van der Waals surface area contributed by atoms with Crippen molar-refractivity contribution in [2.24, 2.45) is 11.7 Å². The molecule has 1 aromatic rings. The van der Waals surface area contributed by atoms with Crippen molar-refractivity contribution >= 4 is 5.91 Å². The van der Waals surface area contributed by atoms with Crippen LogP contribution in [0.2, 0.25) is 0 Å². The van der Waals surface area contributed by atoms with Crippen molar-refractivity contribution in [2.45, 2.75) is 50.6 Å². The van der Waals surface area contributed by atoms with Gasteiger partial charge in [0.15, 0.2) is 0 Å². The van der Waals surface area contributed by atoms with Gasteiger partial charge in [-0.15, -0.1) is 0 Å². The molecule has 0 bridgehead atoms. The summed E-state index contributed by atoms with van der Waals surface area (Å²) in [6.45, 7) is 2.82. The molecule has 0 radical (unpaired) electrons. The molecule has 4 atom stereocenters. The Kier molecular flexibility index (Phi) is 3.98. The minimum absolute atomic E-state index is 0.0253. The van der Waals surface area contributed by atoms with Crippen molar-refractivity contribution < 1.29 is 9.18 Å². The molecule has 1 amide bonds. The van der Waals surface area contributed by atoms with Gasteiger partial charge in [0.1, 0.15) is 5.82 Å². The van der Waals surface area contributed by atoms with E-state index in [1.165, 1.54) is 12.1 Å². The predicted octanol–water partition coefficient (Wildman–Crippen LogP) is 2.66. The van der Waals surface area contributed by atoms with Gasteiger partial charge >= 0.3 is 0 Å². The van der Waals surface area contributed by atoms with E-state index in [0.717, 1.165) is 37.8 Å². The van der Waals surface area contributed by atoms with E-state index in [9.17, 15) is 9.18 Å². The third-order valence-electron chi connectivity index (χ3n) is 4.85. The van der Waals surface area contributed by atoms with Gasteiger partial charge < -0.3 is 10.6 Å². The summed E-state index contributed by atoms with van der Waals surface area (Å²) in [5.74, 6) is 0.338. The monoisotopic (exact) mass is 290 g/mol. The number of nitrogens with two attached hydrogens (primary N) is 1. The van der Waals surface area contributed by atoms with Crippen LogP contribution < -0.4 is 5.73 Å². The van der Waals surface area contributed by atoms with Crippen molar-refractivity contribution in [3.8, 4) is 0 Å². The van der Waals surface area contributed by atoms with Crippen LogP contribution in [0.3, 0.4) is 0 Å². The van der Waals surface area contributed by atoms with E-state index in [0.29, 0.717) is 0 Å². The average molecular weight is 290 g/mol. The summed E-state index contributed by atoms with van der Waals surface area (Å²) in [6.07, 6.45) is 4.12. The standard InChI is InChI=1S/C17H23FN2O/c1-11(19)16-4-2-3-9-20(16)17(21)15-10-14(15)12-5-7-13(18)8-6-12/h5-8,11,14-16H,2-4,9-10,19H2,1H3. The van der Waals surface area contributed by atoms with Crippen LogP contribution in [0.5, 0.6) is 0 Å². The number of likely N-dealkylation sites (tertiary alicyclic amines) is 1. The summed E-state index contributed by atoms with van der Waals surface area (Å²) in [7, 11) is 0. The zero-order valence-electron chi connectivity index (χ0n) is 12.5. The van der Waals surface area contributed by atoms with E-state index in [1.807, 2.05) is 11.8 Å². The molecular formula is C17H23FN2O. The summed E-state index contributed by atoms with van der Waals surface area (Å²) in [4.78, 5) is 14.7. The molecule has 4 unspecified atom stereocenters. The van der Waals surface area contributed by atoms with Gasteiger partial charge in [-0.1, -0.05) is 12.1 Å². The van der Waals surface area contributed by atoms with E-state index in [4.69, 9.17) is 5.73 Å². The minimum Gasteiger partial charge on any atom is -0.338 e. The fourth-order valence-corrected chi connectivity index (χ4v) is 3.54. The summed E-state index contributed by atoms with van der Waals surface area (Å²) in [5.41, 5.74) is 7.12. The van der Waals surface area contributed by atoms with Gasteiger partial charge in [-0.05, 0) is 56.2 Å². The number of amides is 1. The number of piperidine rings is 1. The first-order chi connectivity index (χ1) is 10.1. The molecule has 3 rings (SSSR count). The van der Waals surface area contributed by atoms with Crippen LogP contribution in [0.15, 0.2) is 24.3 Å². The molecular weight excluding hydrogens is 267 g/mol. The molecule has 1 saturated heterocycles. The van der Waals surface area contributed by atoms with Crippen LogP contribution in [0.25, 0.3) is 0 Å².